The highest BCUT2D eigenvalue weighted by Crippen LogP contribution is 2.25. The van der Waals surface area contributed by atoms with Crippen molar-refractivity contribution in [2.75, 3.05) is 12.8 Å². The number of carbonyl (C=O) groups excluding carboxylic acids is 1. The van der Waals surface area contributed by atoms with Crippen molar-refractivity contribution >= 4 is 17.6 Å². The van der Waals surface area contributed by atoms with Crippen LogP contribution in [-0.4, -0.2) is 28.7 Å². The van der Waals surface area contributed by atoms with Gasteiger partial charge in [0.05, 0.1) is 23.9 Å². The Hall–Kier alpha value is -3.27. The van der Waals surface area contributed by atoms with Gasteiger partial charge in [-0.3, -0.25) is 0 Å². The first-order chi connectivity index (χ1) is 9.99. The van der Waals surface area contributed by atoms with Crippen LogP contribution in [0.4, 0.5) is 5.69 Å². The SMILES string of the molecule is COC(=O)c1c(N)c(C#N)cn1-c1cccc(C(=O)O)c1. The first kappa shape index (κ1) is 14.1. The van der Waals surface area contributed by atoms with Gasteiger partial charge in [0.15, 0.2) is 5.69 Å². The quantitative estimate of drug-likeness (QED) is 0.823. The first-order valence-electron chi connectivity index (χ1n) is 5.82. The van der Waals surface area contributed by atoms with Gasteiger partial charge < -0.3 is 20.1 Å². The summed E-state index contributed by atoms with van der Waals surface area (Å²) in [6.45, 7) is 0. The van der Waals surface area contributed by atoms with E-state index in [1.54, 1.807) is 6.07 Å². The first-order valence-corrected chi connectivity index (χ1v) is 5.82. The molecule has 3 N–H and O–H groups in total. The second kappa shape index (κ2) is 5.38. The Morgan fingerprint density at radius 1 is 1.43 bits per heavy atom. The molecule has 2 aromatic rings. The summed E-state index contributed by atoms with van der Waals surface area (Å²) in [4.78, 5) is 22.8. The Morgan fingerprint density at radius 3 is 2.71 bits per heavy atom. The van der Waals surface area contributed by atoms with Crippen molar-refractivity contribution in [3.63, 3.8) is 0 Å². The molecule has 21 heavy (non-hydrogen) atoms. The van der Waals surface area contributed by atoms with Crippen LogP contribution in [0.15, 0.2) is 30.5 Å². The molecule has 2 rings (SSSR count). The summed E-state index contributed by atoms with van der Waals surface area (Å²) in [6, 6.07) is 7.79. The molecule has 0 atom stereocenters. The van der Waals surface area contributed by atoms with Crippen LogP contribution in [-0.2, 0) is 4.74 Å². The van der Waals surface area contributed by atoms with Crippen LogP contribution in [0.2, 0.25) is 0 Å². The van der Waals surface area contributed by atoms with Gasteiger partial charge in [-0.2, -0.15) is 5.26 Å². The molecule has 106 valence electrons. The van der Waals surface area contributed by atoms with Gasteiger partial charge in [0.2, 0.25) is 0 Å². The van der Waals surface area contributed by atoms with Crippen LogP contribution in [0, 0.1) is 11.3 Å². The number of nitrogen functional groups attached to an aromatic ring is 1. The molecule has 1 aromatic carbocycles. The molecule has 0 unspecified atom stereocenters. The zero-order valence-corrected chi connectivity index (χ0v) is 11.0. The fourth-order valence-electron chi connectivity index (χ4n) is 1.91. The molecule has 0 aliphatic rings. The molecule has 0 aliphatic carbocycles. The molecule has 7 heteroatoms. The van der Waals surface area contributed by atoms with E-state index < -0.39 is 11.9 Å². The predicted octanol–water partition coefficient (Wildman–Crippen LogP) is 1.42. The third-order valence-corrected chi connectivity index (χ3v) is 2.91. The van der Waals surface area contributed by atoms with E-state index in [1.807, 2.05) is 6.07 Å². The lowest BCUT2D eigenvalue weighted by Crippen LogP contribution is -2.11. The normalized spacial score (nSPS) is 9.90. The van der Waals surface area contributed by atoms with Gasteiger partial charge in [0.25, 0.3) is 0 Å². The zero-order valence-electron chi connectivity index (χ0n) is 11.0. The Balaban J connectivity index is 2.69. The van der Waals surface area contributed by atoms with E-state index in [1.165, 1.54) is 36.1 Å². The van der Waals surface area contributed by atoms with Crippen LogP contribution < -0.4 is 5.73 Å². The summed E-state index contributed by atoms with van der Waals surface area (Å²) in [5.41, 5.74) is 6.29. The van der Waals surface area contributed by atoms with Crippen molar-refractivity contribution < 1.29 is 19.4 Å². The average Bonchev–Trinajstić information content (AvgIpc) is 2.83. The van der Waals surface area contributed by atoms with Crippen LogP contribution in [0.3, 0.4) is 0 Å². The number of carboxylic acid groups (broad SMARTS) is 1. The molecule has 0 bridgehead atoms. The highest BCUT2D eigenvalue weighted by atomic mass is 16.5. The van der Waals surface area contributed by atoms with Crippen molar-refractivity contribution in [3.05, 3.63) is 47.3 Å². The highest BCUT2D eigenvalue weighted by Gasteiger charge is 2.21. The van der Waals surface area contributed by atoms with E-state index in [2.05, 4.69) is 4.74 Å². The molecular weight excluding hydrogens is 274 g/mol. The summed E-state index contributed by atoms with van der Waals surface area (Å²) >= 11 is 0. The Morgan fingerprint density at radius 2 is 2.14 bits per heavy atom. The molecular formula is C14H11N3O4. The number of carbonyl (C=O) groups is 2. The van der Waals surface area contributed by atoms with Gasteiger partial charge in [-0.05, 0) is 18.2 Å². The van der Waals surface area contributed by atoms with Crippen molar-refractivity contribution in [2.24, 2.45) is 0 Å². The van der Waals surface area contributed by atoms with Crippen LogP contribution >= 0.6 is 0 Å². The third kappa shape index (κ3) is 2.42. The van der Waals surface area contributed by atoms with Gasteiger partial charge >= 0.3 is 11.9 Å². The number of anilines is 1. The van der Waals surface area contributed by atoms with E-state index in [-0.39, 0.29) is 22.5 Å². The number of aromatic carboxylic acids is 1. The monoisotopic (exact) mass is 285 g/mol. The number of nitrogens with two attached hydrogens (primary N) is 1. The number of nitriles is 1. The number of methoxy groups -OCH3 is 1. The molecule has 0 amide bonds. The van der Waals surface area contributed by atoms with Gasteiger partial charge in [-0.25, -0.2) is 9.59 Å². The lowest BCUT2D eigenvalue weighted by atomic mass is 10.2. The molecule has 0 fully saturated rings. The minimum Gasteiger partial charge on any atom is -0.478 e. The standard InChI is InChI=1S/C14H11N3O4/c1-21-14(20)12-11(16)9(6-15)7-17(12)10-4-2-3-8(5-10)13(18)19/h2-5,7H,16H2,1H3,(H,18,19). The maximum atomic E-state index is 11.8. The fourth-order valence-corrected chi connectivity index (χ4v) is 1.91. The van der Waals surface area contributed by atoms with Gasteiger partial charge in [-0.1, -0.05) is 6.07 Å². The minimum absolute atomic E-state index is 0.00919. The number of benzene rings is 1. The second-order valence-electron chi connectivity index (χ2n) is 4.13. The minimum atomic E-state index is -1.10. The molecule has 0 spiro atoms. The number of rotatable bonds is 3. The van der Waals surface area contributed by atoms with E-state index in [0.717, 1.165) is 0 Å². The maximum Gasteiger partial charge on any atom is 0.357 e. The molecule has 0 saturated heterocycles. The van der Waals surface area contributed by atoms with Crippen molar-refractivity contribution in [1.82, 2.24) is 4.57 Å². The molecule has 1 heterocycles. The summed E-state index contributed by atoms with van der Waals surface area (Å²) in [6.07, 6.45) is 1.36. The number of ether oxygens (including phenoxy) is 1. The molecule has 0 radical (unpaired) electrons. The van der Waals surface area contributed by atoms with Crippen molar-refractivity contribution in [2.45, 2.75) is 0 Å². The third-order valence-electron chi connectivity index (χ3n) is 2.91. The predicted molar refractivity (Wildman–Crippen MR) is 73.2 cm³/mol. The molecule has 0 saturated carbocycles. The number of hydrogen-bond donors (Lipinski definition) is 2. The number of hydrogen-bond acceptors (Lipinski definition) is 5. The summed E-state index contributed by atoms with van der Waals surface area (Å²) < 4.78 is 5.99. The van der Waals surface area contributed by atoms with Crippen LogP contribution in [0.25, 0.3) is 5.69 Å². The van der Waals surface area contributed by atoms with Crippen molar-refractivity contribution in [1.29, 1.82) is 5.26 Å². The summed E-state index contributed by atoms with van der Waals surface area (Å²) in [5.74, 6) is -1.81. The van der Waals surface area contributed by atoms with Crippen molar-refractivity contribution in [3.8, 4) is 11.8 Å². The van der Waals surface area contributed by atoms with E-state index in [9.17, 15) is 9.59 Å². The van der Waals surface area contributed by atoms with Gasteiger partial charge in [0.1, 0.15) is 6.07 Å². The Kier molecular flexibility index (Phi) is 3.63. The zero-order chi connectivity index (χ0) is 15.6. The summed E-state index contributed by atoms with van der Waals surface area (Å²) in [7, 11) is 1.19. The van der Waals surface area contributed by atoms with E-state index >= 15 is 0 Å². The van der Waals surface area contributed by atoms with Crippen LogP contribution in [0.5, 0.6) is 0 Å². The number of nitrogens with zero attached hydrogens (tertiary/aromatic N) is 2. The largest absolute Gasteiger partial charge is 0.478 e. The Bertz CT molecular complexity index is 771. The Labute approximate surface area is 119 Å². The second-order valence-corrected chi connectivity index (χ2v) is 4.13. The number of aromatic nitrogens is 1. The smallest absolute Gasteiger partial charge is 0.357 e. The van der Waals surface area contributed by atoms with Gasteiger partial charge in [-0.15, -0.1) is 0 Å². The lowest BCUT2D eigenvalue weighted by Gasteiger charge is -2.09. The van der Waals surface area contributed by atoms with Gasteiger partial charge in [0, 0.05) is 11.9 Å². The topological polar surface area (TPSA) is 118 Å². The number of carboxylic acids is 1. The maximum absolute atomic E-state index is 11.8. The summed E-state index contributed by atoms with van der Waals surface area (Å²) in [5, 5.41) is 18.0. The van der Waals surface area contributed by atoms with Crippen LogP contribution in [0.1, 0.15) is 26.4 Å². The highest BCUT2D eigenvalue weighted by molar-refractivity contribution is 5.96. The lowest BCUT2D eigenvalue weighted by molar-refractivity contribution is 0.0592. The van der Waals surface area contributed by atoms with E-state index in [4.69, 9.17) is 16.1 Å². The van der Waals surface area contributed by atoms with E-state index in [0.29, 0.717) is 5.69 Å². The average molecular weight is 285 g/mol. The fraction of sp³-hybridized carbons (Fsp3) is 0.0714. The number of esters is 1. The molecule has 7 nitrogen and oxygen atoms in total. The molecule has 1 aromatic heterocycles. The molecule has 0 aliphatic heterocycles.